The molecule has 0 saturated heterocycles. The molecular weight excluding hydrogens is 797 g/mol. The molecule has 0 radical (unpaired) electrons. The Labute approximate surface area is 361 Å². The molecule has 4 aromatic rings. The summed E-state index contributed by atoms with van der Waals surface area (Å²) < 4.78 is 4.82. The molecule has 4 aromatic carbocycles. The summed E-state index contributed by atoms with van der Waals surface area (Å²) in [5, 5.41) is 18.4. The van der Waals surface area contributed by atoms with Gasteiger partial charge in [-0.2, -0.15) is 11.8 Å². The summed E-state index contributed by atoms with van der Waals surface area (Å²) in [6, 6.07) is 33.0. The Morgan fingerprint density at radius 3 is 1.75 bits per heavy atom. The van der Waals surface area contributed by atoms with Crippen LogP contribution in [0.1, 0.15) is 68.9 Å². The van der Waals surface area contributed by atoms with Crippen LogP contribution < -0.4 is 16.0 Å². The zero-order valence-corrected chi connectivity index (χ0v) is 36.7. The van der Waals surface area contributed by atoms with Crippen molar-refractivity contribution < 1.29 is 33.8 Å². The molecule has 0 bridgehead atoms. The van der Waals surface area contributed by atoms with Crippen molar-refractivity contribution in [3.63, 3.8) is 0 Å². The van der Waals surface area contributed by atoms with Crippen LogP contribution in [0.2, 0.25) is 0 Å². The molecule has 1 aliphatic rings. The third-order valence-electron chi connectivity index (χ3n) is 10.3. The maximum absolute atomic E-state index is 14.8. The van der Waals surface area contributed by atoms with Gasteiger partial charge in [0.25, 0.3) is 0 Å². The topological polar surface area (TPSA) is 154 Å². The highest BCUT2D eigenvalue weighted by molar-refractivity contribution is 8.00. The summed E-state index contributed by atoms with van der Waals surface area (Å²) in [5.74, 6) is -2.70. The van der Waals surface area contributed by atoms with E-state index in [1.165, 1.54) is 28.4 Å². The molecule has 4 atom stereocenters. The van der Waals surface area contributed by atoms with E-state index >= 15 is 0 Å². The second kappa shape index (κ2) is 20.8. The minimum Gasteiger partial charge on any atom is -0.480 e. The van der Waals surface area contributed by atoms with Gasteiger partial charge in [0, 0.05) is 18.7 Å². The van der Waals surface area contributed by atoms with E-state index in [-0.39, 0.29) is 25.1 Å². The van der Waals surface area contributed by atoms with E-state index in [9.17, 15) is 29.1 Å². The van der Waals surface area contributed by atoms with Crippen LogP contribution in [0.4, 0.5) is 4.79 Å². The number of carboxylic acid groups (broad SMARTS) is 1. The normalized spacial score (nSPS) is 15.5. The zero-order chi connectivity index (χ0) is 43.5. The average Bonchev–Trinajstić information content (AvgIpc) is 3.23. The quantitative estimate of drug-likeness (QED) is 0.0821. The number of benzene rings is 4. The van der Waals surface area contributed by atoms with Gasteiger partial charge in [-0.25, -0.2) is 9.59 Å². The summed E-state index contributed by atoms with van der Waals surface area (Å²) in [4.78, 5) is 70.5. The van der Waals surface area contributed by atoms with Crippen LogP contribution in [-0.4, -0.2) is 87.3 Å². The SMILES string of the molecule is CSCC[C@H](NC(=O)[C@@H]1Cc2ccccc2CN1C(=O)[C@@H](NC(=O)[C@H](CSC(c1ccccc1)(c1ccccc1)c1ccccc1)NC(=O)OC(C)(C)C)C(C)C)C(=O)O. The lowest BCUT2D eigenvalue weighted by Crippen LogP contribution is -2.61. The predicted octanol–water partition coefficient (Wildman–Crippen LogP) is 7.02. The maximum Gasteiger partial charge on any atom is 0.408 e. The van der Waals surface area contributed by atoms with Gasteiger partial charge in [0.1, 0.15) is 29.8 Å². The average molecular weight is 853 g/mol. The standard InChI is InChI=1S/C47H56N4O7S2/c1-31(2)40(43(54)51-29-33-19-17-16-18-32(33)28-39(51)42(53)48-37(44(55)56)26-27-59-6)50-41(52)38(49-45(57)58-46(3,4)5)30-60-47(34-20-10-7-11-21-34,35-22-12-8-13-23-35)36-24-14-9-15-25-36/h7-25,31,37-40H,26-30H2,1-6H3,(H,48,53)(H,49,57)(H,50,52)(H,55,56)/t37-,38-,39-,40-/m0/s1. The molecule has 5 rings (SSSR count). The largest absolute Gasteiger partial charge is 0.480 e. The van der Waals surface area contributed by atoms with Crippen LogP contribution >= 0.6 is 23.5 Å². The lowest BCUT2D eigenvalue weighted by molar-refractivity contribution is -0.147. The van der Waals surface area contributed by atoms with E-state index in [0.717, 1.165) is 27.8 Å². The number of nitrogens with zero attached hydrogens (tertiary/aromatic N) is 1. The molecule has 0 fully saturated rings. The van der Waals surface area contributed by atoms with Crippen molar-refractivity contribution in [2.24, 2.45) is 5.92 Å². The minimum absolute atomic E-state index is 0.0670. The summed E-state index contributed by atoms with van der Waals surface area (Å²) in [5.41, 5.74) is 3.76. The third-order valence-corrected chi connectivity index (χ3v) is 12.6. The molecular formula is C47H56N4O7S2. The minimum atomic E-state index is -1.18. The second-order valence-electron chi connectivity index (χ2n) is 16.2. The Hall–Kier alpha value is -5.27. The predicted molar refractivity (Wildman–Crippen MR) is 239 cm³/mol. The fourth-order valence-corrected chi connectivity index (χ4v) is 9.34. The lowest BCUT2D eigenvalue weighted by Gasteiger charge is -2.39. The number of ether oxygens (including phenoxy) is 1. The van der Waals surface area contributed by atoms with Crippen molar-refractivity contribution in [3.8, 4) is 0 Å². The Morgan fingerprint density at radius 2 is 1.27 bits per heavy atom. The van der Waals surface area contributed by atoms with Gasteiger partial charge in [-0.15, -0.1) is 11.8 Å². The molecule has 11 nitrogen and oxygen atoms in total. The van der Waals surface area contributed by atoms with Crippen LogP contribution in [-0.2, 0) is 41.6 Å². The van der Waals surface area contributed by atoms with Crippen molar-refractivity contribution in [2.45, 2.75) is 88.5 Å². The van der Waals surface area contributed by atoms with Crippen molar-refractivity contribution in [2.75, 3.05) is 17.8 Å². The molecule has 0 unspecified atom stereocenters. The number of fused-ring (bicyclic) bond motifs is 1. The first kappa shape index (κ1) is 45.8. The molecule has 0 spiro atoms. The number of amides is 4. The smallest absolute Gasteiger partial charge is 0.408 e. The van der Waals surface area contributed by atoms with Crippen LogP contribution in [0.25, 0.3) is 0 Å². The van der Waals surface area contributed by atoms with Gasteiger partial charge in [0.2, 0.25) is 17.7 Å². The Bertz CT molecular complexity index is 1980. The second-order valence-corrected chi connectivity index (χ2v) is 18.4. The summed E-state index contributed by atoms with van der Waals surface area (Å²) in [7, 11) is 0. The third kappa shape index (κ3) is 11.5. The highest BCUT2D eigenvalue weighted by Crippen LogP contribution is 2.48. The number of alkyl carbamates (subject to hydrolysis) is 1. The number of carboxylic acids is 1. The first-order valence-corrected chi connectivity index (χ1v) is 22.5. The molecule has 0 saturated carbocycles. The summed E-state index contributed by atoms with van der Waals surface area (Å²) in [6.07, 6.45) is 1.45. The van der Waals surface area contributed by atoms with Crippen molar-refractivity contribution in [1.29, 1.82) is 0 Å². The number of nitrogens with one attached hydrogen (secondary N) is 3. The molecule has 13 heteroatoms. The van der Waals surface area contributed by atoms with E-state index < -0.39 is 70.2 Å². The monoisotopic (exact) mass is 852 g/mol. The summed E-state index contributed by atoms with van der Waals surface area (Å²) in [6.45, 7) is 8.89. The van der Waals surface area contributed by atoms with Gasteiger partial charge < -0.3 is 30.7 Å². The molecule has 4 amide bonds. The fraction of sp³-hybridized carbons (Fsp3) is 0.383. The van der Waals surface area contributed by atoms with E-state index in [1.807, 2.05) is 122 Å². The van der Waals surface area contributed by atoms with Crippen LogP contribution in [0.3, 0.4) is 0 Å². The van der Waals surface area contributed by atoms with Gasteiger partial charge in [0.15, 0.2) is 0 Å². The Morgan fingerprint density at radius 1 is 0.750 bits per heavy atom. The molecule has 4 N–H and O–H groups in total. The van der Waals surface area contributed by atoms with Crippen LogP contribution in [0.5, 0.6) is 0 Å². The van der Waals surface area contributed by atoms with E-state index in [1.54, 1.807) is 34.6 Å². The van der Waals surface area contributed by atoms with Crippen molar-refractivity contribution in [1.82, 2.24) is 20.9 Å². The van der Waals surface area contributed by atoms with Crippen molar-refractivity contribution >= 4 is 53.3 Å². The van der Waals surface area contributed by atoms with Gasteiger partial charge in [-0.05, 0) is 72.9 Å². The maximum atomic E-state index is 14.8. The molecule has 1 aliphatic heterocycles. The number of carbonyl (C=O) groups excluding carboxylic acids is 4. The number of hydrogen-bond acceptors (Lipinski definition) is 8. The van der Waals surface area contributed by atoms with E-state index in [2.05, 4.69) is 16.0 Å². The number of carbonyl (C=O) groups is 5. The number of hydrogen-bond donors (Lipinski definition) is 4. The molecule has 1 heterocycles. The number of thioether (sulfide) groups is 2. The first-order valence-electron chi connectivity index (χ1n) is 20.1. The number of aliphatic carboxylic acids is 1. The molecule has 60 heavy (non-hydrogen) atoms. The first-order chi connectivity index (χ1) is 28.6. The molecule has 318 valence electrons. The lowest BCUT2D eigenvalue weighted by atomic mass is 9.84. The molecule has 0 aliphatic carbocycles. The highest BCUT2D eigenvalue weighted by atomic mass is 32.2. The van der Waals surface area contributed by atoms with Crippen LogP contribution in [0.15, 0.2) is 115 Å². The van der Waals surface area contributed by atoms with Gasteiger partial charge in [-0.1, -0.05) is 129 Å². The molecule has 0 aromatic heterocycles. The Balaban J connectivity index is 1.50. The van der Waals surface area contributed by atoms with Crippen molar-refractivity contribution in [3.05, 3.63) is 143 Å². The summed E-state index contributed by atoms with van der Waals surface area (Å²) >= 11 is 2.95. The number of rotatable bonds is 17. The Kier molecular flexibility index (Phi) is 15.9. The van der Waals surface area contributed by atoms with Gasteiger partial charge >= 0.3 is 12.1 Å². The fourth-order valence-electron chi connectivity index (χ4n) is 7.31. The zero-order valence-electron chi connectivity index (χ0n) is 35.1. The van der Waals surface area contributed by atoms with Gasteiger partial charge in [-0.3, -0.25) is 14.4 Å². The van der Waals surface area contributed by atoms with Gasteiger partial charge in [0.05, 0.1) is 4.75 Å². The van der Waals surface area contributed by atoms with E-state index in [0.29, 0.717) is 5.75 Å². The highest BCUT2D eigenvalue weighted by Gasteiger charge is 2.42. The van der Waals surface area contributed by atoms with Crippen LogP contribution in [0, 0.1) is 5.92 Å². The van der Waals surface area contributed by atoms with E-state index in [4.69, 9.17) is 4.74 Å².